The first-order valence-electron chi connectivity index (χ1n) is 7.52. The molecule has 0 saturated carbocycles. The van der Waals surface area contributed by atoms with Gasteiger partial charge in [-0.05, 0) is 31.9 Å². The van der Waals surface area contributed by atoms with Gasteiger partial charge in [0.15, 0.2) is 0 Å². The van der Waals surface area contributed by atoms with Crippen molar-refractivity contribution in [2.24, 2.45) is 0 Å². The molecule has 0 amide bonds. The summed E-state index contributed by atoms with van der Waals surface area (Å²) in [5, 5.41) is 0.794. The van der Waals surface area contributed by atoms with Crippen LogP contribution in [0.15, 0.2) is 28.7 Å². The SMILES string of the molecule is CCCCCCC(C)OC(C)(CBr)c1ccccc1Br. The minimum absolute atomic E-state index is 0.279. The maximum Gasteiger partial charge on any atom is 0.101 e. The maximum atomic E-state index is 6.36. The molecular formula is C17H26Br2O. The van der Waals surface area contributed by atoms with Gasteiger partial charge in [0.25, 0.3) is 0 Å². The van der Waals surface area contributed by atoms with Crippen LogP contribution in [-0.4, -0.2) is 11.4 Å². The van der Waals surface area contributed by atoms with Gasteiger partial charge in [-0.2, -0.15) is 0 Å². The zero-order valence-corrected chi connectivity index (χ0v) is 16.0. The molecule has 0 bridgehead atoms. The molecule has 3 heteroatoms. The molecule has 0 spiro atoms. The molecule has 1 rings (SSSR count). The van der Waals surface area contributed by atoms with Crippen LogP contribution in [0.25, 0.3) is 0 Å². The molecule has 2 atom stereocenters. The van der Waals surface area contributed by atoms with E-state index in [0.717, 1.165) is 16.2 Å². The highest BCUT2D eigenvalue weighted by atomic mass is 79.9. The van der Waals surface area contributed by atoms with Crippen molar-refractivity contribution in [3.05, 3.63) is 34.3 Å². The second-order valence-electron chi connectivity index (χ2n) is 5.62. The van der Waals surface area contributed by atoms with E-state index in [0.29, 0.717) is 0 Å². The highest BCUT2D eigenvalue weighted by Crippen LogP contribution is 2.34. The molecule has 0 fully saturated rings. The fourth-order valence-electron chi connectivity index (χ4n) is 2.42. The summed E-state index contributed by atoms with van der Waals surface area (Å²) < 4.78 is 7.47. The Bertz CT molecular complexity index is 394. The van der Waals surface area contributed by atoms with Crippen LogP contribution in [0, 0.1) is 0 Å². The average molecular weight is 406 g/mol. The van der Waals surface area contributed by atoms with Gasteiger partial charge in [0.2, 0.25) is 0 Å². The number of alkyl halides is 1. The Morgan fingerprint density at radius 1 is 1.20 bits per heavy atom. The van der Waals surface area contributed by atoms with Gasteiger partial charge < -0.3 is 4.74 Å². The van der Waals surface area contributed by atoms with Crippen LogP contribution in [-0.2, 0) is 10.3 Å². The molecule has 0 aliphatic heterocycles. The second-order valence-corrected chi connectivity index (χ2v) is 7.04. The number of benzene rings is 1. The molecule has 0 saturated heterocycles. The van der Waals surface area contributed by atoms with Crippen molar-refractivity contribution in [3.63, 3.8) is 0 Å². The molecule has 0 aromatic heterocycles. The lowest BCUT2D eigenvalue weighted by Crippen LogP contribution is -2.32. The first-order valence-corrected chi connectivity index (χ1v) is 9.43. The third kappa shape index (κ3) is 5.50. The molecule has 1 aromatic carbocycles. The smallest absolute Gasteiger partial charge is 0.101 e. The largest absolute Gasteiger partial charge is 0.367 e. The first kappa shape index (κ1) is 18.2. The summed E-state index contributed by atoms with van der Waals surface area (Å²) in [5.41, 5.74) is 0.918. The zero-order valence-electron chi connectivity index (χ0n) is 12.8. The van der Waals surface area contributed by atoms with Crippen LogP contribution in [0.1, 0.15) is 58.4 Å². The van der Waals surface area contributed by atoms with E-state index in [1.165, 1.54) is 31.2 Å². The van der Waals surface area contributed by atoms with E-state index >= 15 is 0 Å². The molecule has 0 radical (unpaired) electrons. The number of unbranched alkanes of at least 4 members (excludes halogenated alkanes) is 3. The molecule has 0 N–H and O–H groups in total. The van der Waals surface area contributed by atoms with Gasteiger partial charge in [0.05, 0.1) is 6.10 Å². The molecular weight excluding hydrogens is 380 g/mol. The predicted molar refractivity (Wildman–Crippen MR) is 94.6 cm³/mol. The van der Waals surface area contributed by atoms with E-state index in [1.54, 1.807) is 0 Å². The number of hydrogen-bond donors (Lipinski definition) is 0. The van der Waals surface area contributed by atoms with E-state index in [1.807, 2.05) is 6.07 Å². The van der Waals surface area contributed by atoms with Gasteiger partial charge in [-0.15, -0.1) is 0 Å². The van der Waals surface area contributed by atoms with E-state index in [2.05, 4.69) is 70.8 Å². The fourth-order valence-corrected chi connectivity index (χ4v) is 3.56. The van der Waals surface area contributed by atoms with E-state index in [9.17, 15) is 0 Å². The monoisotopic (exact) mass is 404 g/mol. The van der Waals surface area contributed by atoms with Crippen LogP contribution in [0.3, 0.4) is 0 Å². The van der Waals surface area contributed by atoms with Gasteiger partial charge in [-0.3, -0.25) is 0 Å². The Morgan fingerprint density at radius 2 is 1.90 bits per heavy atom. The van der Waals surface area contributed by atoms with Crippen molar-refractivity contribution in [2.45, 2.75) is 64.6 Å². The van der Waals surface area contributed by atoms with Crippen LogP contribution < -0.4 is 0 Å². The average Bonchev–Trinajstić information content (AvgIpc) is 2.44. The van der Waals surface area contributed by atoms with Crippen molar-refractivity contribution < 1.29 is 4.74 Å². The number of ether oxygens (including phenoxy) is 1. The number of rotatable bonds is 9. The Morgan fingerprint density at radius 3 is 2.50 bits per heavy atom. The van der Waals surface area contributed by atoms with Crippen molar-refractivity contribution in [2.75, 3.05) is 5.33 Å². The highest BCUT2D eigenvalue weighted by molar-refractivity contribution is 9.10. The van der Waals surface area contributed by atoms with E-state index in [4.69, 9.17) is 4.74 Å². The summed E-state index contributed by atoms with van der Waals surface area (Å²) in [7, 11) is 0. The molecule has 0 aliphatic carbocycles. The van der Waals surface area contributed by atoms with Gasteiger partial charge in [0.1, 0.15) is 5.60 Å². The van der Waals surface area contributed by atoms with Gasteiger partial charge in [-0.1, -0.05) is 82.7 Å². The van der Waals surface area contributed by atoms with Gasteiger partial charge in [0, 0.05) is 9.80 Å². The zero-order chi connectivity index (χ0) is 15.0. The molecule has 0 aliphatic rings. The highest BCUT2D eigenvalue weighted by Gasteiger charge is 2.30. The summed E-state index contributed by atoms with van der Waals surface area (Å²) in [6.45, 7) is 6.59. The van der Waals surface area contributed by atoms with Crippen LogP contribution in [0.5, 0.6) is 0 Å². The topological polar surface area (TPSA) is 9.23 Å². The summed E-state index contributed by atoms with van der Waals surface area (Å²) in [6, 6.07) is 8.31. The lowest BCUT2D eigenvalue weighted by atomic mass is 9.97. The standard InChI is InChI=1S/C17H26Br2O/c1-4-5-6-7-10-14(2)20-17(3,13-18)15-11-8-9-12-16(15)19/h8-9,11-12,14H,4-7,10,13H2,1-3H3. The van der Waals surface area contributed by atoms with E-state index < -0.39 is 0 Å². The molecule has 114 valence electrons. The lowest BCUT2D eigenvalue weighted by Gasteiger charge is -2.33. The quantitative estimate of drug-likeness (QED) is 0.339. The third-order valence-corrected chi connectivity index (χ3v) is 5.39. The second kappa shape index (κ2) is 9.22. The van der Waals surface area contributed by atoms with Crippen LogP contribution in [0.2, 0.25) is 0 Å². The Kier molecular flexibility index (Phi) is 8.38. The summed E-state index contributed by atoms with van der Waals surface area (Å²) >= 11 is 7.25. The minimum atomic E-state index is -0.287. The molecule has 2 unspecified atom stereocenters. The van der Waals surface area contributed by atoms with Gasteiger partial charge in [-0.25, -0.2) is 0 Å². The normalized spacial score (nSPS) is 15.8. The summed E-state index contributed by atoms with van der Waals surface area (Å²) in [6.07, 6.45) is 6.58. The molecule has 1 aromatic rings. The van der Waals surface area contributed by atoms with Crippen LogP contribution in [0.4, 0.5) is 0 Å². The maximum absolute atomic E-state index is 6.36. The molecule has 20 heavy (non-hydrogen) atoms. The third-order valence-electron chi connectivity index (χ3n) is 3.62. The van der Waals surface area contributed by atoms with E-state index in [-0.39, 0.29) is 11.7 Å². The summed E-state index contributed by atoms with van der Waals surface area (Å²) in [4.78, 5) is 0. The van der Waals surface area contributed by atoms with Crippen molar-refractivity contribution >= 4 is 31.9 Å². The van der Waals surface area contributed by atoms with Crippen molar-refractivity contribution in [1.29, 1.82) is 0 Å². The fraction of sp³-hybridized carbons (Fsp3) is 0.647. The van der Waals surface area contributed by atoms with Crippen LogP contribution >= 0.6 is 31.9 Å². The Hall–Kier alpha value is 0.140. The predicted octanol–water partition coefficient (Wildman–Crippen LogP) is 6.43. The van der Waals surface area contributed by atoms with Gasteiger partial charge >= 0.3 is 0 Å². The van der Waals surface area contributed by atoms with Crippen molar-refractivity contribution in [3.8, 4) is 0 Å². The number of halogens is 2. The first-order chi connectivity index (χ1) is 9.53. The number of hydrogen-bond acceptors (Lipinski definition) is 1. The minimum Gasteiger partial charge on any atom is -0.367 e. The Balaban J connectivity index is 2.63. The molecule has 1 nitrogen and oxygen atoms in total. The van der Waals surface area contributed by atoms with Crippen molar-refractivity contribution in [1.82, 2.24) is 0 Å². The molecule has 0 heterocycles. The Labute approximate surface area is 140 Å². The summed E-state index contributed by atoms with van der Waals surface area (Å²) in [5.74, 6) is 0. The lowest BCUT2D eigenvalue weighted by molar-refractivity contribution is -0.0680.